The minimum absolute atomic E-state index is 0.565. The highest BCUT2D eigenvalue weighted by Crippen LogP contribution is 2.13. The van der Waals surface area contributed by atoms with Crippen LogP contribution in [0.2, 0.25) is 0 Å². The van der Waals surface area contributed by atoms with Gasteiger partial charge < -0.3 is 5.32 Å². The van der Waals surface area contributed by atoms with Gasteiger partial charge in [0.1, 0.15) is 0 Å². The quantitative estimate of drug-likeness (QED) is 0.798. The van der Waals surface area contributed by atoms with Crippen LogP contribution in [0.3, 0.4) is 0 Å². The standard InChI is InChI=1S/C15H25N/c1-11(2)16-14(5)13(4)10-15-8-6-7-12(3)9-15/h6-9,11,13-14,16H,10H2,1-5H3. The molecule has 0 spiro atoms. The summed E-state index contributed by atoms with van der Waals surface area (Å²) in [4.78, 5) is 0. The van der Waals surface area contributed by atoms with Crippen molar-refractivity contribution in [1.82, 2.24) is 5.32 Å². The molecule has 90 valence electrons. The molecule has 1 rings (SSSR count). The van der Waals surface area contributed by atoms with Crippen LogP contribution in [0.1, 0.15) is 38.8 Å². The van der Waals surface area contributed by atoms with Gasteiger partial charge in [0.05, 0.1) is 0 Å². The number of hydrogen-bond acceptors (Lipinski definition) is 1. The fourth-order valence-corrected chi connectivity index (χ4v) is 2.08. The van der Waals surface area contributed by atoms with Crippen molar-refractivity contribution in [2.75, 3.05) is 0 Å². The third-order valence-electron chi connectivity index (χ3n) is 3.09. The average Bonchev–Trinajstić information content (AvgIpc) is 2.16. The fourth-order valence-electron chi connectivity index (χ4n) is 2.08. The van der Waals surface area contributed by atoms with E-state index >= 15 is 0 Å². The maximum absolute atomic E-state index is 3.58. The molecule has 0 aliphatic heterocycles. The van der Waals surface area contributed by atoms with Crippen molar-refractivity contribution < 1.29 is 0 Å². The number of hydrogen-bond donors (Lipinski definition) is 1. The topological polar surface area (TPSA) is 12.0 Å². The van der Waals surface area contributed by atoms with Crippen LogP contribution in [0.4, 0.5) is 0 Å². The summed E-state index contributed by atoms with van der Waals surface area (Å²) in [6.07, 6.45) is 1.16. The average molecular weight is 219 g/mol. The van der Waals surface area contributed by atoms with E-state index in [1.54, 1.807) is 0 Å². The lowest BCUT2D eigenvalue weighted by Gasteiger charge is -2.23. The molecule has 1 heteroatoms. The third kappa shape index (κ3) is 4.36. The lowest BCUT2D eigenvalue weighted by molar-refractivity contribution is 0.372. The molecule has 1 aromatic rings. The first kappa shape index (κ1) is 13.2. The van der Waals surface area contributed by atoms with Gasteiger partial charge in [-0.3, -0.25) is 0 Å². The molecule has 1 N–H and O–H groups in total. The van der Waals surface area contributed by atoms with Crippen LogP contribution in [0, 0.1) is 12.8 Å². The van der Waals surface area contributed by atoms with Crippen LogP contribution in [0.5, 0.6) is 0 Å². The monoisotopic (exact) mass is 219 g/mol. The van der Waals surface area contributed by atoms with Gasteiger partial charge in [0, 0.05) is 12.1 Å². The molecule has 0 amide bonds. The Hall–Kier alpha value is -0.820. The Kier molecular flexibility index (Phi) is 5.01. The van der Waals surface area contributed by atoms with Crippen LogP contribution in [0.15, 0.2) is 24.3 Å². The molecule has 0 fully saturated rings. The van der Waals surface area contributed by atoms with E-state index in [9.17, 15) is 0 Å². The maximum atomic E-state index is 3.58. The summed E-state index contributed by atoms with van der Waals surface area (Å²) < 4.78 is 0. The zero-order chi connectivity index (χ0) is 12.1. The summed E-state index contributed by atoms with van der Waals surface area (Å²) >= 11 is 0. The van der Waals surface area contributed by atoms with E-state index in [-0.39, 0.29) is 0 Å². The predicted molar refractivity (Wildman–Crippen MR) is 71.8 cm³/mol. The first-order valence-electron chi connectivity index (χ1n) is 6.30. The molecule has 0 aliphatic carbocycles. The highest BCUT2D eigenvalue weighted by atomic mass is 14.9. The van der Waals surface area contributed by atoms with Gasteiger partial charge in [-0.15, -0.1) is 0 Å². The Balaban J connectivity index is 2.53. The SMILES string of the molecule is Cc1cccc(CC(C)C(C)NC(C)C)c1. The predicted octanol–water partition coefficient (Wildman–Crippen LogP) is 3.56. The molecule has 2 unspecified atom stereocenters. The molecular weight excluding hydrogens is 194 g/mol. The Labute approximate surface area is 100 Å². The van der Waals surface area contributed by atoms with Gasteiger partial charge >= 0.3 is 0 Å². The maximum Gasteiger partial charge on any atom is 0.00698 e. The van der Waals surface area contributed by atoms with Crippen molar-refractivity contribution in [2.24, 2.45) is 5.92 Å². The van der Waals surface area contributed by atoms with Gasteiger partial charge in [0.15, 0.2) is 0 Å². The lowest BCUT2D eigenvalue weighted by atomic mass is 9.94. The Morgan fingerprint density at radius 2 is 1.81 bits per heavy atom. The third-order valence-corrected chi connectivity index (χ3v) is 3.09. The van der Waals surface area contributed by atoms with E-state index in [1.165, 1.54) is 11.1 Å². The largest absolute Gasteiger partial charge is 0.312 e. The van der Waals surface area contributed by atoms with E-state index in [2.05, 4.69) is 64.2 Å². The van der Waals surface area contributed by atoms with Crippen LogP contribution >= 0.6 is 0 Å². The fraction of sp³-hybridized carbons (Fsp3) is 0.600. The van der Waals surface area contributed by atoms with Gasteiger partial charge in [-0.05, 0) is 31.7 Å². The zero-order valence-electron chi connectivity index (χ0n) is 11.2. The van der Waals surface area contributed by atoms with Gasteiger partial charge in [-0.25, -0.2) is 0 Å². The van der Waals surface area contributed by atoms with Gasteiger partial charge in [0.25, 0.3) is 0 Å². The zero-order valence-corrected chi connectivity index (χ0v) is 11.2. The lowest BCUT2D eigenvalue weighted by Crippen LogP contribution is -2.37. The first-order chi connectivity index (χ1) is 7.49. The summed E-state index contributed by atoms with van der Waals surface area (Å²) in [6, 6.07) is 9.96. The summed E-state index contributed by atoms with van der Waals surface area (Å²) in [6.45, 7) is 11.2. The van der Waals surface area contributed by atoms with E-state index < -0.39 is 0 Å². The molecule has 0 radical (unpaired) electrons. The molecular formula is C15H25N. The minimum Gasteiger partial charge on any atom is -0.312 e. The summed E-state index contributed by atoms with van der Waals surface area (Å²) in [5.74, 6) is 0.671. The van der Waals surface area contributed by atoms with Crippen molar-refractivity contribution in [3.05, 3.63) is 35.4 Å². The van der Waals surface area contributed by atoms with Crippen molar-refractivity contribution in [1.29, 1.82) is 0 Å². The van der Waals surface area contributed by atoms with Gasteiger partial charge in [-0.2, -0.15) is 0 Å². The molecule has 0 aromatic heterocycles. The molecule has 0 aliphatic rings. The smallest absolute Gasteiger partial charge is 0.00698 e. The molecule has 1 aromatic carbocycles. The van der Waals surface area contributed by atoms with E-state index in [1.807, 2.05) is 0 Å². The highest BCUT2D eigenvalue weighted by Gasteiger charge is 2.13. The van der Waals surface area contributed by atoms with E-state index in [0.717, 1.165) is 6.42 Å². The summed E-state index contributed by atoms with van der Waals surface area (Å²) in [5, 5.41) is 3.58. The Morgan fingerprint density at radius 1 is 1.12 bits per heavy atom. The number of rotatable bonds is 5. The number of nitrogens with one attached hydrogen (secondary N) is 1. The van der Waals surface area contributed by atoms with Crippen molar-refractivity contribution in [3.8, 4) is 0 Å². The highest BCUT2D eigenvalue weighted by molar-refractivity contribution is 5.22. The summed E-state index contributed by atoms with van der Waals surface area (Å²) in [5.41, 5.74) is 2.80. The summed E-state index contributed by atoms with van der Waals surface area (Å²) in [7, 11) is 0. The second-order valence-electron chi connectivity index (χ2n) is 5.28. The molecule has 0 saturated carbocycles. The van der Waals surface area contributed by atoms with Crippen molar-refractivity contribution in [3.63, 3.8) is 0 Å². The second-order valence-corrected chi connectivity index (χ2v) is 5.28. The normalized spacial score (nSPS) is 15.1. The number of benzene rings is 1. The molecule has 16 heavy (non-hydrogen) atoms. The van der Waals surface area contributed by atoms with Crippen LogP contribution in [-0.2, 0) is 6.42 Å². The number of aryl methyl sites for hydroxylation is 1. The molecule has 0 bridgehead atoms. The van der Waals surface area contributed by atoms with Crippen LogP contribution < -0.4 is 5.32 Å². The minimum atomic E-state index is 0.565. The first-order valence-corrected chi connectivity index (χ1v) is 6.30. The molecule has 1 nitrogen and oxygen atoms in total. The Bertz CT molecular complexity index is 317. The van der Waals surface area contributed by atoms with Crippen LogP contribution in [0.25, 0.3) is 0 Å². The van der Waals surface area contributed by atoms with Crippen LogP contribution in [-0.4, -0.2) is 12.1 Å². The van der Waals surface area contributed by atoms with Crippen molar-refractivity contribution >= 4 is 0 Å². The second kappa shape index (κ2) is 6.05. The van der Waals surface area contributed by atoms with Gasteiger partial charge in [-0.1, -0.05) is 50.6 Å². The van der Waals surface area contributed by atoms with E-state index in [4.69, 9.17) is 0 Å². The van der Waals surface area contributed by atoms with Gasteiger partial charge in [0.2, 0.25) is 0 Å². The van der Waals surface area contributed by atoms with Crippen molar-refractivity contribution in [2.45, 2.75) is 53.1 Å². The Morgan fingerprint density at radius 3 is 2.38 bits per heavy atom. The molecule has 2 atom stereocenters. The van der Waals surface area contributed by atoms with E-state index in [0.29, 0.717) is 18.0 Å². The molecule has 0 heterocycles. The molecule has 0 saturated heterocycles.